The van der Waals surface area contributed by atoms with Crippen LogP contribution in [-0.4, -0.2) is 40.6 Å². The maximum Gasteiger partial charge on any atom is 0.227 e. The molecular formula is C14H22N2O2. The van der Waals surface area contributed by atoms with Crippen molar-refractivity contribution in [3.63, 3.8) is 0 Å². The quantitative estimate of drug-likeness (QED) is 0.743. The molecule has 4 unspecified atom stereocenters. The molecule has 4 atom stereocenters. The number of amides is 1. The first kappa shape index (κ1) is 11.2. The van der Waals surface area contributed by atoms with E-state index in [0.29, 0.717) is 30.8 Å². The number of hydrogen-bond acceptors (Lipinski definition) is 3. The minimum Gasteiger partial charge on any atom is -0.386 e. The summed E-state index contributed by atoms with van der Waals surface area (Å²) in [6.07, 6.45) is 5.80. The highest BCUT2D eigenvalue weighted by molar-refractivity contribution is 5.81. The molecule has 4 fully saturated rings. The van der Waals surface area contributed by atoms with Crippen LogP contribution in [-0.2, 0) is 4.79 Å². The summed E-state index contributed by atoms with van der Waals surface area (Å²) in [5.74, 6) is 1.82. The van der Waals surface area contributed by atoms with E-state index in [2.05, 4.69) is 0 Å². The van der Waals surface area contributed by atoms with Crippen LogP contribution in [0.4, 0.5) is 0 Å². The molecule has 0 aromatic carbocycles. The molecule has 0 radical (unpaired) electrons. The second kappa shape index (κ2) is 3.48. The van der Waals surface area contributed by atoms with Crippen molar-refractivity contribution in [1.29, 1.82) is 0 Å². The van der Waals surface area contributed by atoms with Crippen molar-refractivity contribution in [1.82, 2.24) is 4.90 Å². The van der Waals surface area contributed by atoms with Crippen molar-refractivity contribution in [3.05, 3.63) is 0 Å². The Morgan fingerprint density at radius 1 is 1.17 bits per heavy atom. The Morgan fingerprint density at radius 3 is 2.39 bits per heavy atom. The van der Waals surface area contributed by atoms with Crippen molar-refractivity contribution in [3.8, 4) is 0 Å². The third-order valence-corrected chi connectivity index (χ3v) is 5.84. The standard InChI is InChI=1S/C14H22N2O2/c15-12-9-2-1-8(5-9)11(12)13(17)16-6-14(18,7-16)10-3-4-10/h8-12,18H,1-7,15H2. The fourth-order valence-electron chi connectivity index (χ4n) is 4.56. The van der Waals surface area contributed by atoms with Crippen LogP contribution >= 0.6 is 0 Å². The Labute approximate surface area is 108 Å². The van der Waals surface area contributed by atoms with Crippen LogP contribution < -0.4 is 5.73 Å². The van der Waals surface area contributed by atoms with E-state index in [-0.39, 0.29) is 17.9 Å². The maximum atomic E-state index is 12.5. The first-order valence-electron chi connectivity index (χ1n) is 7.35. The molecule has 18 heavy (non-hydrogen) atoms. The van der Waals surface area contributed by atoms with Crippen LogP contribution in [0.1, 0.15) is 32.1 Å². The second-order valence-electron chi connectivity index (χ2n) is 7.01. The number of fused-ring (bicyclic) bond motifs is 2. The van der Waals surface area contributed by atoms with Gasteiger partial charge in [0.2, 0.25) is 5.91 Å². The number of carbonyl (C=O) groups excluding carboxylic acids is 1. The summed E-state index contributed by atoms with van der Waals surface area (Å²) in [6, 6.07) is 0.0749. The van der Waals surface area contributed by atoms with Crippen molar-refractivity contribution in [2.24, 2.45) is 29.4 Å². The number of nitrogens with zero attached hydrogens (tertiary/aromatic N) is 1. The van der Waals surface area contributed by atoms with Gasteiger partial charge in [-0.25, -0.2) is 0 Å². The Balaban J connectivity index is 1.43. The maximum absolute atomic E-state index is 12.5. The zero-order valence-corrected chi connectivity index (χ0v) is 10.7. The molecule has 1 saturated heterocycles. The van der Waals surface area contributed by atoms with Crippen LogP contribution in [0.5, 0.6) is 0 Å². The molecule has 100 valence electrons. The van der Waals surface area contributed by atoms with Crippen molar-refractivity contribution < 1.29 is 9.90 Å². The molecule has 0 aromatic rings. The van der Waals surface area contributed by atoms with E-state index < -0.39 is 5.60 Å². The number of hydrogen-bond donors (Lipinski definition) is 2. The largest absolute Gasteiger partial charge is 0.386 e. The third-order valence-electron chi connectivity index (χ3n) is 5.84. The highest BCUT2D eigenvalue weighted by atomic mass is 16.3. The predicted molar refractivity (Wildman–Crippen MR) is 66.6 cm³/mol. The minimum absolute atomic E-state index is 0.0486. The van der Waals surface area contributed by atoms with Gasteiger partial charge in [-0.2, -0.15) is 0 Å². The number of nitrogens with two attached hydrogens (primary N) is 1. The highest BCUT2D eigenvalue weighted by Gasteiger charge is 2.57. The zero-order chi connectivity index (χ0) is 12.5. The van der Waals surface area contributed by atoms with Gasteiger partial charge in [-0.3, -0.25) is 4.79 Å². The number of likely N-dealkylation sites (tertiary alicyclic amines) is 1. The molecule has 4 heteroatoms. The Bertz CT molecular complexity index is 385. The summed E-state index contributed by atoms with van der Waals surface area (Å²) in [5, 5.41) is 10.3. The molecule has 1 aliphatic heterocycles. The van der Waals surface area contributed by atoms with E-state index in [1.807, 2.05) is 4.90 Å². The first-order chi connectivity index (χ1) is 8.58. The third kappa shape index (κ3) is 1.42. The number of carbonyl (C=O) groups is 1. The molecule has 1 heterocycles. The summed E-state index contributed by atoms with van der Waals surface area (Å²) in [5.41, 5.74) is 5.65. The van der Waals surface area contributed by atoms with Gasteiger partial charge in [0.1, 0.15) is 5.60 Å². The molecule has 2 bridgehead atoms. The van der Waals surface area contributed by atoms with Gasteiger partial charge in [0, 0.05) is 6.04 Å². The van der Waals surface area contributed by atoms with E-state index in [1.165, 1.54) is 12.8 Å². The summed E-state index contributed by atoms with van der Waals surface area (Å²) >= 11 is 0. The molecule has 4 nitrogen and oxygen atoms in total. The molecular weight excluding hydrogens is 228 g/mol. The lowest BCUT2D eigenvalue weighted by Gasteiger charge is -2.49. The lowest BCUT2D eigenvalue weighted by Crippen LogP contribution is -2.66. The topological polar surface area (TPSA) is 66.6 Å². The zero-order valence-electron chi connectivity index (χ0n) is 10.7. The van der Waals surface area contributed by atoms with Crippen molar-refractivity contribution in [2.45, 2.75) is 43.7 Å². The number of β-amino-alcohol motifs (C(OH)–C–C–N with tert-alkyl or cyclic N) is 1. The van der Waals surface area contributed by atoms with Crippen molar-refractivity contribution >= 4 is 5.91 Å². The van der Waals surface area contributed by atoms with Gasteiger partial charge in [0.05, 0.1) is 19.0 Å². The normalized spacial score (nSPS) is 45.1. The monoisotopic (exact) mass is 250 g/mol. The van der Waals surface area contributed by atoms with E-state index in [1.54, 1.807) is 0 Å². The predicted octanol–water partition coefficient (Wildman–Crippen LogP) is 0.343. The highest BCUT2D eigenvalue weighted by Crippen LogP contribution is 2.50. The van der Waals surface area contributed by atoms with Crippen LogP contribution in [0.2, 0.25) is 0 Å². The van der Waals surface area contributed by atoms with Crippen molar-refractivity contribution in [2.75, 3.05) is 13.1 Å². The summed E-state index contributed by atoms with van der Waals surface area (Å²) < 4.78 is 0. The Morgan fingerprint density at radius 2 is 1.83 bits per heavy atom. The van der Waals surface area contributed by atoms with Gasteiger partial charge < -0.3 is 15.7 Å². The van der Waals surface area contributed by atoms with Gasteiger partial charge >= 0.3 is 0 Å². The van der Waals surface area contributed by atoms with Crippen LogP contribution in [0.15, 0.2) is 0 Å². The molecule has 3 N–H and O–H groups in total. The lowest BCUT2D eigenvalue weighted by molar-refractivity contribution is -0.165. The van der Waals surface area contributed by atoms with Gasteiger partial charge in [-0.15, -0.1) is 0 Å². The molecule has 4 aliphatic rings. The number of rotatable bonds is 2. The minimum atomic E-state index is -0.558. The lowest BCUT2D eigenvalue weighted by atomic mass is 9.81. The first-order valence-corrected chi connectivity index (χ1v) is 7.35. The molecule has 3 aliphatic carbocycles. The van der Waals surface area contributed by atoms with Crippen LogP contribution in [0.25, 0.3) is 0 Å². The van der Waals surface area contributed by atoms with Crippen LogP contribution in [0.3, 0.4) is 0 Å². The van der Waals surface area contributed by atoms with E-state index in [9.17, 15) is 9.90 Å². The molecule has 0 aromatic heterocycles. The van der Waals surface area contributed by atoms with Gasteiger partial charge in [0.15, 0.2) is 0 Å². The number of aliphatic hydroxyl groups is 1. The Kier molecular flexibility index (Phi) is 2.17. The van der Waals surface area contributed by atoms with Gasteiger partial charge in [-0.1, -0.05) is 0 Å². The van der Waals surface area contributed by atoms with E-state index in [4.69, 9.17) is 5.73 Å². The molecule has 1 amide bonds. The van der Waals surface area contributed by atoms with Gasteiger partial charge in [-0.05, 0) is 49.9 Å². The van der Waals surface area contributed by atoms with Crippen LogP contribution in [0, 0.1) is 23.7 Å². The Hall–Kier alpha value is -0.610. The smallest absolute Gasteiger partial charge is 0.227 e. The molecule has 4 rings (SSSR count). The summed E-state index contributed by atoms with van der Waals surface area (Å²) in [4.78, 5) is 14.3. The fraction of sp³-hybridized carbons (Fsp3) is 0.929. The summed E-state index contributed by atoms with van der Waals surface area (Å²) in [7, 11) is 0. The average molecular weight is 250 g/mol. The van der Waals surface area contributed by atoms with E-state index >= 15 is 0 Å². The molecule has 0 spiro atoms. The summed E-state index contributed by atoms with van der Waals surface area (Å²) in [6.45, 7) is 1.11. The van der Waals surface area contributed by atoms with E-state index in [0.717, 1.165) is 19.3 Å². The second-order valence-corrected chi connectivity index (χ2v) is 7.01. The SMILES string of the molecule is NC1C2CCC(C2)C1C(=O)N1CC(O)(C2CC2)C1. The molecule has 3 saturated carbocycles. The van der Waals surface area contributed by atoms with Gasteiger partial charge in [0.25, 0.3) is 0 Å². The average Bonchev–Trinajstić information content (AvgIpc) is 2.98. The fourth-order valence-corrected chi connectivity index (χ4v) is 4.56.